The summed E-state index contributed by atoms with van der Waals surface area (Å²) in [5, 5.41) is 0. The van der Waals surface area contributed by atoms with Crippen LogP contribution in [0.1, 0.15) is 11.1 Å². The lowest BCUT2D eigenvalue weighted by molar-refractivity contribution is 0.984. The van der Waals surface area contributed by atoms with Gasteiger partial charge in [0.15, 0.2) is 0 Å². The molecule has 0 aliphatic rings. The lowest BCUT2D eigenvalue weighted by Crippen LogP contribution is -1.87. The molecule has 0 heterocycles. The molecule has 1 nitrogen and oxygen atoms in total. The number of rotatable bonds is 4. The number of hydrogen-bond acceptors (Lipinski definition) is 1. The topological polar surface area (TPSA) is 12.4 Å². The zero-order valence-electron chi connectivity index (χ0n) is 6.96. The van der Waals surface area contributed by atoms with E-state index >= 15 is 0 Å². The highest BCUT2D eigenvalue weighted by Gasteiger charge is 1.91. The Morgan fingerprint density at radius 2 is 2.33 bits per heavy atom. The maximum atomic E-state index is 3.87. The Labute approximate surface area is 75.4 Å². The van der Waals surface area contributed by atoms with Crippen molar-refractivity contribution in [2.75, 3.05) is 6.54 Å². The number of nitrogens with zero attached hydrogens (tertiary/aromatic N) is 1. The number of benzene rings is 1. The zero-order chi connectivity index (χ0) is 8.81. The smallest absolute Gasteiger partial charge is 0.0470 e. The fraction of sp³-hybridized carbons (Fsp3) is 0.200. The van der Waals surface area contributed by atoms with Gasteiger partial charge in [0, 0.05) is 6.54 Å². The molecule has 1 aromatic rings. The minimum absolute atomic E-state index is 0.817. The Hall–Kier alpha value is -0.940. The second-order valence-corrected chi connectivity index (χ2v) is 2.90. The normalized spacial score (nSPS) is 9.33. The maximum Gasteiger partial charge on any atom is 0.0470 e. The summed E-state index contributed by atoms with van der Waals surface area (Å²) in [6.45, 7) is 4.54. The van der Waals surface area contributed by atoms with Crippen LogP contribution >= 0.6 is 9.03 Å². The van der Waals surface area contributed by atoms with Gasteiger partial charge in [0.2, 0.25) is 0 Å². The highest BCUT2D eigenvalue weighted by molar-refractivity contribution is 7.03. The molecular formula is C10H12NP. The van der Waals surface area contributed by atoms with Gasteiger partial charge in [-0.15, -0.1) is 0 Å². The zero-order valence-corrected chi connectivity index (χ0v) is 7.96. The van der Waals surface area contributed by atoms with Crippen LogP contribution in [0.4, 0.5) is 0 Å². The van der Waals surface area contributed by atoms with Crippen molar-refractivity contribution in [3.8, 4) is 0 Å². The summed E-state index contributed by atoms with van der Waals surface area (Å²) in [5.41, 5.74) is 2.47. The molecule has 1 rings (SSSR count). The molecule has 0 aliphatic heterocycles. The first kappa shape index (κ1) is 9.15. The van der Waals surface area contributed by atoms with Crippen LogP contribution in [0.5, 0.6) is 0 Å². The maximum absolute atomic E-state index is 3.87. The Morgan fingerprint density at radius 1 is 1.50 bits per heavy atom. The highest BCUT2D eigenvalue weighted by atomic mass is 31.0. The van der Waals surface area contributed by atoms with Gasteiger partial charge < -0.3 is 0 Å². The number of hydrogen-bond donors (Lipinski definition) is 0. The van der Waals surface area contributed by atoms with Crippen LogP contribution in [0, 0.1) is 0 Å². The lowest BCUT2D eigenvalue weighted by Gasteiger charge is -1.98. The molecule has 0 amide bonds. The molecule has 0 saturated carbocycles. The Kier molecular flexibility index (Phi) is 3.69. The van der Waals surface area contributed by atoms with E-state index in [1.165, 1.54) is 11.1 Å². The Balaban J connectivity index is 2.72. The van der Waals surface area contributed by atoms with Crippen LogP contribution in [0.2, 0.25) is 0 Å². The molecule has 0 saturated heterocycles. The molecule has 12 heavy (non-hydrogen) atoms. The van der Waals surface area contributed by atoms with Crippen molar-refractivity contribution < 1.29 is 0 Å². The molecular weight excluding hydrogens is 165 g/mol. The van der Waals surface area contributed by atoms with Crippen LogP contribution < -0.4 is 0 Å². The molecule has 0 radical (unpaired) electrons. The van der Waals surface area contributed by atoms with Gasteiger partial charge in [-0.1, -0.05) is 36.9 Å². The summed E-state index contributed by atoms with van der Waals surface area (Å²) in [4.78, 5) is 0. The van der Waals surface area contributed by atoms with Crippen molar-refractivity contribution in [3.05, 3.63) is 42.0 Å². The van der Waals surface area contributed by atoms with Crippen LogP contribution in [0.15, 0.2) is 35.6 Å². The minimum atomic E-state index is 0.817. The fourth-order valence-electron chi connectivity index (χ4n) is 1.06. The molecule has 0 fully saturated rings. The third-order valence-corrected chi connectivity index (χ3v) is 1.92. The van der Waals surface area contributed by atoms with E-state index in [0.29, 0.717) is 0 Å². The van der Waals surface area contributed by atoms with Crippen LogP contribution in [0.3, 0.4) is 0 Å². The molecule has 0 spiro atoms. The first-order valence-electron chi connectivity index (χ1n) is 3.91. The van der Waals surface area contributed by atoms with E-state index in [-0.39, 0.29) is 0 Å². The van der Waals surface area contributed by atoms with Crippen molar-refractivity contribution in [1.29, 1.82) is 0 Å². The van der Waals surface area contributed by atoms with Crippen molar-refractivity contribution in [3.63, 3.8) is 0 Å². The van der Waals surface area contributed by atoms with E-state index in [1.807, 2.05) is 18.2 Å². The summed E-state index contributed by atoms with van der Waals surface area (Å²) in [6, 6.07) is 8.32. The highest BCUT2D eigenvalue weighted by Crippen LogP contribution is 2.07. The van der Waals surface area contributed by atoms with Crippen LogP contribution in [-0.2, 0) is 6.42 Å². The van der Waals surface area contributed by atoms with Crippen LogP contribution in [0.25, 0.3) is 6.08 Å². The van der Waals surface area contributed by atoms with Crippen LogP contribution in [-0.4, -0.2) is 6.54 Å². The molecule has 0 bridgehead atoms. The third kappa shape index (κ3) is 2.60. The molecule has 62 valence electrons. The van der Waals surface area contributed by atoms with E-state index in [2.05, 4.69) is 32.5 Å². The quantitative estimate of drug-likeness (QED) is 0.626. The minimum Gasteiger partial charge on any atom is -0.272 e. The van der Waals surface area contributed by atoms with Gasteiger partial charge in [-0.2, -0.15) is 0 Å². The molecule has 0 aliphatic carbocycles. The molecule has 0 aromatic heterocycles. The van der Waals surface area contributed by atoms with Gasteiger partial charge >= 0.3 is 0 Å². The van der Waals surface area contributed by atoms with Gasteiger partial charge in [-0.3, -0.25) is 4.74 Å². The van der Waals surface area contributed by atoms with Gasteiger partial charge in [-0.05, 0) is 26.6 Å². The molecule has 0 N–H and O–H groups in total. The summed E-state index contributed by atoms with van der Waals surface area (Å²) in [6.07, 6.45) is 2.83. The van der Waals surface area contributed by atoms with Crippen molar-refractivity contribution in [2.45, 2.75) is 6.42 Å². The molecule has 0 atom stereocenters. The van der Waals surface area contributed by atoms with Gasteiger partial charge in [0.05, 0.1) is 0 Å². The standard InChI is InChI=1S/C10H12NP/c1-2-9-4-3-5-10(8-9)6-7-11-12/h2-5,8,12H,1,6-7H2. The summed E-state index contributed by atoms with van der Waals surface area (Å²) >= 11 is 0. The van der Waals surface area contributed by atoms with Crippen molar-refractivity contribution in [2.24, 2.45) is 4.74 Å². The summed E-state index contributed by atoms with van der Waals surface area (Å²) in [7, 11) is 3.09. The average Bonchev–Trinajstić information content (AvgIpc) is 2.15. The monoisotopic (exact) mass is 177 g/mol. The Bertz CT molecular complexity index is 281. The van der Waals surface area contributed by atoms with E-state index in [0.717, 1.165) is 13.0 Å². The van der Waals surface area contributed by atoms with Crippen molar-refractivity contribution in [1.82, 2.24) is 0 Å². The van der Waals surface area contributed by atoms with Gasteiger partial charge in [0.25, 0.3) is 0 Å². The van der Waals surface area contributed by atoms with E-state index in [4.69, 9.17) is 0 Å². The van der Waals surface area contributed by atoms with E-state index in [1.54, 1.807) is 0 Å². The first-order chi connectivity index (χ1) is 5.86. The predicted octanol–water partition coefficient (Wildman–Crippen LogP) is 3.20. The van der Waals surface area contributed by atoms with E-state index < -0.39 is 0 Å². The summed E-state index contributed by atoms with van der Waals surface area (Å²) < 4.78 is 3.87. The SMILES string of the molecule is C=Cc1cccc(CCN=P)c1. The van der Waals surface area contributed by atoms with E-state index in [9.17, 15) is 0 Å². The molecule has 2 heteroatoms. The van der Waals surface area contributed by atoms with Gasteiger partial charge in [0.1, 0.15) is 0 Å². The van der Waals surface area contributed by atoms with Crippen molar-refractivity contribution >= 4 is 15.1 Å². The summed E-state index contributed by atoms with van der Waals surface area (Å²) in [5.74, 6) is 0. The molecule has 1 aromatic carbocycles. The second kappa shape index (κ2) is 4.84. The van der Waals surface area contributed by atoms with Gasteiger partial charge in [-0.25, -0.2) is 0 Å². The Morgan fingerprint density at radius 3 is 3.00 bits per heavy atom. The largest absolute Gasteiger partial charge is 0.272 e. The molecule has 0 unspecified atom stereocenters. The first-order valence-corrected chi connectivity index (χ1v) is 4.36. The average molecular weight is 177 g/mol. The lowest BCUT2D eigenvalue weighted by atomic mass is 10.1. The third-order valence-electron chi connectivity index (χ3n) is 1.70. The fourth-order valence-corrected chi connectivity index (χ4v) is 1.17. The second-order valence-electron chi connectivity index (χ2n) is 2.58. The predicted molar refractivity (Wildman–Crippen MR) is 55.8 cm³/mol.